The van der Waals surface area contributed by atoms with E-state index < -0.39 is 0 Å². The first kappa shape index (κ1) is 40.9. The third-order valence-electron chi connectivity index (χ3n) is 14.5. The van der Waals surface area contributed by atoms with Gasteiger partial charge in [-0.1, -0.05) is 214 Å². The molecule has 0 radical (unpaired) electrons. The maximum absolute atomic E-state index is 2.46. The van der Waals surface area contributed by atoms with Crippen LogP contribution in [0.4, 0.5) is 17.1 Å². The van der Waals surface area contributed by atoms with Gasteiger partial charge in [-0.25, -0.2) is 0 Å². The van der Waals surface area contributed by atoms with Crippen molar-refractivity contribution >= 4 is 59.3 Å². The van der Waals surface area contributed by atoms with Crippen molar-refractivity contribution in [1.82, 2.24) is 0 Å². The first-order valence-electron chi connectivity index (χ1n) is 23.9. The lowest BCUT2D eigenvalue weighted by Gasteiger charge is -2.27. The van der Waals surface area contributed by atoms with E-state index in [9.17, 15) is 0 Å². The molecule has 1 aliphatic carbocycles. The predicted molar refractivity (Wildman–Crippen MR) is 296 cm³/mol. The highest BCUT2D eigenvalue weighted by molar-refractivity contribution is 7.26. The van der Waals surface area contributed by atoms with E-state index in [-0.39, 0.29) is 5.41 Å². The Hall–Kier alpha value is -8.30. The molecule has 13 rings (SSSR count). The quantitative estimate of drug-likeness (QED) is 0.147. The Bertz CT molecular complexity index is 3890. The minimum absolute atomic E-state index is 0.116. The Morgan fingerprint density at radius 3 is 1.67 bits per heavy atom. The number of hydrogen-bond acceptors (Lipinski definition) is 2. The number of benzene rings is 11. The summed E-state index contributed by atoms with van der Waals surface area (Å²) in [5, 5.41) is 5.08. The molecular weight excluding hydrogens is 851 g/mol. The van der Waals surface area contributed by atoms with Gasteiger partial charge in [0.1, 0.15) is 0 Å². The summed E-state index contributed by atoms with van der Waals surface area (Å²) in [4.78, 5) is 2.45. The third-order valence-corrected chi connectivity index (χ3v) is 15.6. The van der Waals surface area contributed by atoms with Gasteiger partial charge in [-0.2, -0.15) is 0 Å². The van der Waals surface area contributed by atoms with E-state index in [1.165, 1.54) is 109 Å². The molecule has 326 valence electrons. The van der Waals surface area contributed by atoms with Crippen LogP contribution in [0.3, 0.4) is 0 Å². The summed E-state index contributed by atoms with van der Waals surface area (Å²) in [6.45, 7) is 4.74. The molecule has 0 N–H and O–H groups in total. The lowest BCUT2D eigenvalue weighted by atomic mass is 9.81. The zero-order valence-electron chi connectivity index (χ0n) is 38.5. The van der Waals surface area contributed by atoms with Crippen molar-refractivity contribution in [3.63, 3.8) is 0 Å². The molecule has 0 saturated heterocycles. The molecule has 2 heteroatoms. The molecule has 0 atom stereocenters. The largest absolute Gasteiger partial charge is 0.310 e. The van der Waals surface area contributed by atoms with Crippen LogP contribution >= 0.6 is 11.3 Å². The molecule has 0 aliphatic heterocycles. The average molecular weight is 898 g/mol. The van der Waals surface area contributed by atoms with Gasteiger partial charge < -0.3 is 4.90 Å². The van der Waals surface area contributed by atoms with Gasteiger partial charge >= 0.3 is 0 Å². The fourth-order valence-corrected chi connectivity index (χ4v) is 12.2. The van der Waals surface area contributed by atoms with Crippen LogP contribution in [0.1, 0.15) is 25.0 Å². The van der Waals surface area contributed by atoms with Crippen molar-refractivity contribution < 1.29 is 0 Å². The molecule has 0 unspecified atom stereocenters. The van der Waals surface area contributed by atoms with Crippen molar-refractivity contribution in [2.45, 2.75) is 19.3 Å². The minimum atomic E-state index is -0.116. The molecule has 0 bridgehead atoms. The van der Waals surface area contributed by atoms with E-state index in [1.807, 2.05) is 11.3 Å². The summed E-state index contributed by atoms with van der Waals surface area (Å²) in [5.41, 5.74) is 20.8. The van der Waals surface area contributed by atoms with Crippen molar-refractivity contribution in [3.8, 4) is 66.8 Å². The highest BCUT2D eigenvalue weighted by Gasteiger charge is 2.35. The molecule has 12 aromatic rings. The Kier molecular flexibility index (Phi) is 9.78. The fourth-order valence-electron chi connectivity index (χ4n) is 11.0. The first-order valence-corrected chi connectivity index (χ1v) is 24.7. The van der Waals surface area contributed by atoms with Crippen molar-refractivity contribution in [2.75, 3.05) is 4.90 Å². The summed E-state index contributed by atoms with van der Waals surface area (Å²) < 4.78 is 2.55. The average Bonchev–Trinajstić information content (AvgIpc) is 3.90. The Morgan fingerprint density at radius 2 is 0.841 bits per heavy atom. The fraction of sp³-hybridized carbons (Fsp3) is 0.0448. The van der Waals surface area contributed by atoms with Crippen LogP contribution < -0.4 is 4.90 Å². The summed E-state index contributed by atoms with van der Waals surface area (Å²) in [7, 11) is 0. The summed E-state index contributed by atoms with van der Waals surface area (Å²) in [6.07, 6.45) is 0. The molecule has 1 nitrogen and oxygen atoms in total. The number of thiophene rings is 1. The van der Waals surface area contributed by atoms with E-state index in [0.29, 0.717) is 0 Å². The molecule has 0 fully saturated rings. The normalized spacial score (nSPS) is 12.6. The maximum atomic E-state index is 2.46. The van der Waals surface area contributed by atoms with Gasteiger partial charge in [0.05, 0.1) is 0 Å². The van der Waals surface area contributed by atoms with Gasteiger partial charge in [0.2, 0.25) is 0 Å². The van der Waals surface area contributed by atoms with E-state index in [2.05, 4.69) is 267 Å². The van der Waals surface area contributed by atoms with Gasteiger partial charge in [-0.3, -0.25) is 0 Å². The van der Waals surface area contributed by atoms with E-state index in [4.69, 9.17) is 0 Å². The molecule has 1 aliphatic rings. The second kappa shape index (κ2) is 16.5. The van der Waals surface area contributed by atoms with Gasteiger partial charge in [-0.15, -0.1) is 11.3 Å². The Balaban J connectivity index is 0.973. The lowest BCUT2D eigenvalue weighted by Crippen LogP contribution is -2.15. The van der Waals surface area contributed by atoms with Gasteiger partial charge in [0, 0.05) is 42.6 Å². The minimum Gasteiger partial charge on any atom is -0.310 e. The van der Waals surface area contributed by atoms with Crippen LogP contribution in [0.25, 0.3) is 97.7 Å². The van der Waals surface area contributed by atoms with E-state index >= 15 is 0 Å². The number of nitrogens with zero attached hydrogens (tertiary/aromatic N) is 1. The Morgan fingerprint density at radius 1 is 0.304 bits per heavy atom. The van der Waals surface area contributed by atoms with Gasteiger partial charge in [0.25, 0.3) is 0 Å². The zero-order valence-corrected chi connectivity index (χ0v) is 39.3. The monoisotopic (exact) mass is 897 g/mol. The highest BCUT2D eigenvalue weighted by Crippen LogP contribution is 2.51. The maximum Gasteiger partial charge on any atom is 0.0476 e. The number of rotatable bonds is 8. The molecule has 0 amide bonds. The standard InChI is InChI=1S/C67H47NS/c1-67(2)62-25-12-11-22-58(62)59-38-33-50(41-63(59)67)61-42-52(36-39-56(61)46-17-7-4-8-18-46)68(51-34-31-48(32-35-51)55-23-13-20-47-19-9-10-21-54(47)55)53-37-40-60-65(43-53)69-64-26-14-24-57(66(60)64)49-29-27-45(28-30-49)44-15-5-3-6-16-44/h3-43H,1-2H3. The number of fused-ring (bicyclic) bond motifs is 7. The Labute approximate surface area is 407 Å². The second-order valence-electron chi connectivity index (χ2n) is 18.8. The molecule has 69 heavy (non-hydrogen) atoms. The van der Waals surface area contributed by atoms with Gasteiger partial charge in [0.15, 0.2) is 0 Å². The smallest absolute Gasteiger partial charge is 0.0476 e. The molecule has 0 spiro atoms. The van der Waals surface area contributed by atoms with E-state index in [1.54, 1.807) is 0 Å². The number of hydrogen-bond donors (Lipinski definition) is 0. The molecular formula is C67H47NS. The van der Waals surface area contributed by atoms with Gasteiger partial charge in [-0.05, 0) is 137 Å². The predicted octanol–water partition coefficient (Wildman–Crippen LogP) is 19.3. The topological polar surface area (TPSA) is 3.24 Å². The van der Waals surface area contributed by atoms with Crippen LogP contribution in [0.15, 0.2) is 249 Å². The molecule has 1 heterocycles. The van der Waals surface area contributed by atoms with Crippen LogP contribution in [0.2, 0.25) is 0 Å². The SMILES string of the molecule is CC1(C)c2ccccc2-c2ccc(-c3cc(N(c4ccc(-c5cccc6ccccc56)cc4)c4ccc5c(c4)sc4cccc(-c6ccc(-c7ccccc7)cc6)c45)ccc3-c3ccccc3)cc21. The summed E-state index contributed by atoms with van der Waals surface area (Å²) in [5.74, 6) is 0. The lowest BCUT2D eigenvalue weighted by molar-refractivity contribution is 0.660. The van der Waals surface area contributed by atoms with E-state index in [0.717, 1.165) is 17.1 Å². The van der Waals surface area contributed by atoms with Crippen molar-refractivity contribution in [3.05, 3.63) is 260 Å². The van der Waals surface area contributed by atoms with Crippen molar-refractivity contribution in [2.24, 2.45) is 0 Å². The van der Waals surface area contributed by atoms with Crippen LogP contribution in [-0.2, 0) is 5.41 Å². The summed E-state index contributed by atoms with van der Waals surface area (Å²) in [6, 6.07) is 91.9. The number of anilines is 3. The molecule has 0 saturated carbocycles. The second-order valence-corrected chi connectivity index (χ2v) is 19.9. The van der Waals surface area contributed by atoms with Crippen LogP contribution in [-0.4, -0.2) is 0 Å². The zero-order chi connectivity index (χ0) is 46.1. The summed E-state index contributed by atoms with van der Waals surface area (Å²) >= 11 is 1.87. The highest BCUT2D eigenvalue weighted by atomic mass is 32.1. The molecule has 1 aromatic heterocycles. The van der Waals surface area contributed by atoms with Crippen LogP contribution in [0.5, 0.6) is 0 Å². The van der Waals surface area contributed by atoms with Crippen LogP contribution in [0, 0.1) is 0 Å². The molecule has 11 aromatic carbocycles. The first-order chi connectivity index (χ1) is 34.0. The van der Waals surface area contributed by atoms with Crippen molar-refractivity contribution in [1.29, 1.82) is 0 Å². The third kappa shape index (κ3) is 6.98.